The van der Waals surface area contributed by atoms with Gasteiger partial charge in [-0.15, -0.1) is 0 Å². The zero-order chi connectivity index (χ0) is 9.11. The van der Waals surface area contributed by atoms with Gasteiger partial charge in [-0.05, 0) is 12.8 Å². The summed E-state index contributed by atoms with van der Waals surface area (Å²) in [5, 5.41) is 13.9. The molecule has 0 aliphatic rings. The van der Waals surface area contributed by atoms with E-state index in [1.807, 2.05) is 0 Å². The molecule has 68 valence electrons. The van der Waals surface area contributed by atoms with Gasteiger partial charge in [-0.25, -0.2) is 4.79 Å². The minimum atomic E-state index is -1.83. The normalized spacial score (nSPS) is 8.18. The molecule has 4 nitrogen and oxygen atoms in total. The van der Waals surface area contributed by atoms with Crippen LogP contribution in [0.4, 0.5) is 4.79 Å². The Kier molecular flexibility index (Phi) is 14.0. The quantitative estimate of drug-likeness (QED) is 0.624. The van der Waals surface area contributed by atoms with E-state index in [0.717, 1.165) is 26.1 Å². The van der Waals surface area contributed by atoms with Gasteiger partial charge < -0.3 is 14.9 Å². The van der Waals surface area contributed by atoms with E-state index in [1.54, 1.807) is 0 Å². The Hall–Kier alpha value is -0.770. The second-order valence-corrected chi connectivity index (χ2v) is 1.89. The van der Waals surface area contributed by atoms with E-state index >= 15 is 0 Å². The maximum Gasteiger partial charge on any atom is 0.503 e. The van der Waals surface area contributed by atoms with Crippen LogP contribution in [-0.2, 0) is 4.74 Å². The molecular formula is C7H16O4. The third-order valence-electron chi connectivity index (χ3n) is 0.697. The van der Waals surface area contributed by atoms with Crippen LogP contribution in [0.25, 0.3) is 0 Å². The highest BCUT2D eigenvalue weighted by Crippen LogP contribution is 1.81. The van der Waals surface area contributed by atoms with Crippen LogP contribution in [0.2, 0.25) is 0 Å². The van der Waals surface area contributed by atoms with Crippen molar-refractivity contribution in [1.82, 2.24) is 0 Å². The lowest BCUT2D eigenvalue weighted by atomic mass is 10.5. The van der Waals surface area contributed by atoms with E-state index < -0.39 is 6.16 Å². The minimum absolute atomic E-state index is 0.924. The van der Waals surface area contributed by atoms with Crippen molar-refractivity contribution in [2.24, 2.45) is 0 Å². The molecule has 11 heavy (non-hydrogen) atoms. The summed E-state index contributed by atoms with van der Waals surface area (Å²) in [4.78, 5) is 8.56. The lowest BCUT2D eigenvalue weighted by Crippen LogP contribution is -1.92. The monoisotopic (exact) mass is 164 g/mol. The Morgan fingerprint density at radius 3 is 1.64 bits per heavy atom. The van der Waals surface area contributed by atoms with Gasteiger partial charge in [-0.2, -0.15) is 0 Å². The van der Waals surface area contributed by atoms with Gasteiger partial charge in [0.05, 0.1) is 0 Å². The van der Waals surface area contributed by atoms with Crippen molar-refractivity contribution in [2.45, 2.75) is 26.7 Å². The first kappa shape index (κ1) is 12.9. The molecule has 0 saturated heterocycles. The summed E-state index contributed by atoms with van der Waals surface area (Å²) in [6.45, 7) is 6.09. The molecule has 4 heteroatoms. The van der Waals surface area contributed by atoms with Crippen LogP contribution in [0, 0.1) is 0 Å². The molecular weight excluding hydrogens is 148 g/mol. The Balaban J connectivity index is 0. The highest BCUT2D eigenvalue weighted by atomic mass is 16.6. The Labute approximate surface area is 66.8 Å². The van der Waals surface area contributed by atoms with E-state index in [0.29, 0.717) is 0 Å². The van der Waals surface area contributed by atoms with E-state index in [-0.39, 0.29) is 0 Å². The number of ether oxygens (including phenoxy) is 1. The number of hydrogen-bond donors (Lipinski definition) is 2. The molecule has 0 fully saturated rings. The van der Waals surface area contributed by atoms with Gasteiger partial charge >= 0.3 is 6.16 Å². The fourth-order valence-electron chi connectivity index (χ4n) is 0.391. The summed E-state index contributed by atoms with van der Waals surface area (Å²) in [6, 6.07) is 0. The van der Waals surface area contributed by atoms with Crippen LogP contribution >= 0.6 is 0 Å². The zero-order valence-corrected chi connectivity index (χ0v) is 7.04. The van der Waals surface area contributed by atoms with Crippen LogP contribution in [-0.4, -0.2) is 29.6 Å². The first-order valence-electron chi connectivity index (χ1n) is 3.64. The van der Waals surface area contributed by atoms with Crippen LogP contribution < -0.4 is 0 Å². The van der Waals surface area contributed by atoms with Crippen molar-refractivity contribution in [2.75, 3.05) is 13.2 Å². The molecule has 0 aromatic heterocycles. The van der Waals surface area contributed by atoms with Gasteiger partial charge in [0, 0.05) is 13.2 Å². The number of carboxylic acid groups (broad SMARTS) is 2. The Morgan fingerprint density at radius 1 is 1.18 bits per heavy atom. The lowest BCUT2D eigenvalue weighted by molar-refractivity contribution is 0.135. The van der Waals surface area contributed by atoms with Crippen LogP contribution in [0.15, 0.2) is 0 Å². The third-order valence-corrected chi connectivity index (χ3v) is 0.697. The highest BCUT2D eigenvalue weighted by molar-refractivity contribution is 5.53. The smallest absolute Gasteiger partial charge is 0.450 e. The predicted octanol–water partition coefficient (Wildman–Crippen LogP) is 2.05. The van der Waals surface area contributed by atoms with Crippen LogP contribution in [0.1, 0.15) is 26.7 Å². The van der Waals surface area contributed by atoms with Crippen molar-refractivity contribution < 1.29 is 19.7 Å². The Bertz CT molecular complexity index is 74.5. The van der Waals surface area contributed by atoms with Gasteiger partial charge in [0.15, 0.2) is 0 Å². The van der Waals surface area contributed by atoms with Gasteiger partial charge in [-0.1, -0.05) is 13.8 Å². The van der Waals surface area contributed by atoms with Gasteiger partial charge in [-0.3, -0.25) is 0 Å². The molecule has 0 aliphatic heterocycles. The first-order valence-corrected chi connectivity index (χ1v) is 3.64. The molecule has 0 unspecified atom stereocenters. The lowest BCUT2D eigenvalue weighted by Gasteiger charge is -1.95. The van der Waals surface area contributed by atoms with Crippen molar-refractivity contribution in [1.29, 1.82) is 0 Å². The maximum atomic E-state index is 8.56. The van der Waals surface area contributed by atoms with Crippen molar-refractivity contribution >= 4 is 6.16 Å². The SMILES string of the molecule is CCCOCCC.O=C(O)O. The molecule has 0 atom stereocenters. The molecule has 0 spiro atoms. The maximum absolute atomic E-state index is 8.56. The van der Waals surface area contributed by atoms with E-state index in [1.165, 1.54) is 0 Å². The largest absolute Gasteiger partial charge is 0.503 e. The minimum Gasteiger partial charge on any atom is -0.450 e. The first-order chi connectivity index (χ1) is 5.15. The number of rotatable bonds is 4. The van der Waals surface area contributed by atoms with Crippen molar-refractivity contribution in [3.63, 3.8) is 0 Å². The molecule has 0 aromatic rings. The van der Waals surface area contributed by atoms with Gasteiger partial charge in [0.2, 0.25) is 0 Å². The molecule has 2 N–H and O–H groups in total. The average molecular weight is 164 g/mol. The summed E-state index contributed by atoms with van der Waals surface area (Å²) < 4.78 is 5.13. The van der Waals surface area contributed by atoms with Gasteiger partial charge in [0.1, 0.15) is 0 Å². The summed E-state index contributed by atoms with van der Waals surface area (Å²) in [6.07, 6.45) is 0.444. The summed E-state index contributed by atoms with van der Waals surface area (Å²) >= 11 is 0. The molecule has 0 amide bonds. The fraction of sp³-hybridized carbons (Fsp3) is 0.857. The van der Waals surface area contributed by atoms with Crippen molar-refractivity contribution in [3.05, 3.63) is 0 Å². The van der Waals surface area contributed by atoms with Crippen molar-refractivity contribution in [3.8, 4) is 0 Å². The third kappa shape index (κ3) is 46.2. The number of hydrogen-bond acceptors (Lipinski definition) is 2. The standard InChI is InChI=1S/C6H14O.CH2O3/c1-3-5-7-6-4-2;2-1(3)4/h3-6H2,1-2H3;(H2,2,3,4). The molecule has 0 heterocycles. The van der Waals surface area contributed by atoms with E-state index in [2.05, 4.69) is 13.8 Å². The molecule has 0 bridgehead atoms. The average Bonchev–Trinajstić information content (AvgIpc) is 1.88. The fourth-order valence-corrected chi connectivity index (χ4v) is 0.391. The molecule has 0 aromatic carbocycles. The second kappa shape index (κ2) is 12.0. The summed E-state index contributed by atoms with van der Waals surface area (Å²) in [5.74, 6) is 0. The Morgan fingerprint density at radius 2 is 1.45 bits per heavy atom. The van der Waals surface area contributed by atoms with Crippen LogP contribution in [0.5, 0.6) is 0 Å². The zero-order valence-electron chi connectivity index (χ0n) is 7.04. The van der Waals surface area contributed by atoms with E-state index in [9.17, 15) is 0 Å². The molecule has 0 radical (unpaired) electrons. The molecule has 0 aliphatic carbocycles. The van der Waals surface area contributed by atoms with Gasteiger partial charge in [0.25, 0.3) is 0 Å². The summed E-state index contributed by atoms with van der Waals surface area (Å²) in [5.41, 5.74) is 0. The van der Waals surface area contributed by atoms with E-state index in [4.69, 9.17) is 19.7 Å². The second-order valence-electron chi connectivity index (χ2n) is 1.89. The van der Waals surface area contributed by atoms with Crippen LogP contribution in [0.3, 0.4) is 0 Å². The highest BCUT2D eigenvalue weighted by Gasteiger charge is 1.77. The topological polar surface area (TPSA) is 66.8 Å². The summed E-state index contributed by atoms with van der Waals surface area (Å²) in [7, 11) is 0. The molecule has 0 rings (SSSR count). The predicted molar refractivity (Wildman–Crippen MR) is 42.1 cm³/mol. The molecule has 0 saturated carbocycles. The number of carbonyl (C=O) groups is 1.